The highest BCUT2D eigenvalue weighted by atomic mass is 35.5. The maximum absolute atomic E-state index is 12.4. The van der Waals surface area contributed by atoms with Crippen molar-refractivity contribution in [2.45, 2.75) is 12.5 Å². The summed E-state index contributed by atoms with van der Waals surface area (Å²) < 4.78 is 0. The zero-order valence-corrected chi connectivity index (χ0v) is 15.0. The van der Waals surface area contributed by atoms with Crippen LogP contribution >= 0.6 is 35.0 Å². The number of thioether (sulfide) groups is 1. The number of aromatic nitrogens is 3. The second-order valence-corrected chi connectivity index (χ2v) is 6.58. The smallest absolute Gasteiger partial charge is 0.253 e. The lowest BCUT2D eigenvalue weighted by molar-refractivity contribution is -0.118. The second-order valence-electron chi connectivity index (χ2n) is 4.76. The zero-order chi connectivity index (χ0) is 17.5. The molecule has 3 N–H and O–H groups in total. The van der Waals surface area contributed by atoms with Gasteiger partial charge in [0.15, 0.2) is 0 Å². The topological polar surface area (TPSA) is 99.8 Å². The molecule has 2 aromatic rings. The Kier molecular flexibility index (Phi) is 6.89. The van der Waals surface area contributed by atoms with Crippen LogP contribution in [0.2, 0.25) is 10.0 Å². The first kappa shape index (κ1) is 18.6. The van der Waals surface area contributed by atoms with Crippen LogP contribution in [-0.4, -0.2) is 45.0 Å². The third-order valence-corrected chi connectivity index (χ3v) is 4.26. The largest absolute Gasteiger partial charge is 0.340 e. The van der Waals surface area contributed by atoms with Crippen LogP contribution in [0.3, 0.4) is 0 Å². The van der Waals surface area contributed by atoms with Crippen molar-refractivity contribution < 1.29 is 9.59 Å². The van der Waals surface area contributed by atoms with E-state index in [-0.39, 0.29) is 22.4 Å². The van der Waals surface area contributed by atoms with Crippen LogP contribution < -0.4 is 10.6 Å². The molecule has 1 unspecified atom stereocenters. The highest BCUT2D eigenvalue weighted by Crippen LogP contribution is 2.21. The van der Waals surface area contributed by atoms with Gasteiger partial charge in [-0.25, -0.2) is 5.10 Å². The molecule has 0 aliphatic heterocycles. The number of anilines is 1. The van der Waals surface area contributed by atoms with Crippen molar-refractivity contribution in [2.75, 3.05) is 17.3 Å². The molecule has 0 aliphatic rings. The summed E-state index contributed by atoms with van der Waals surface area (Å²) in [6.07, 6.45) is 3.65. The number of carbonyl (C=O) groups excluding carboxylic acids is 2. The van der Waals surface area contributed by atoms with Gasteiger partial charge in [0.2, 0.25) is 11.9 Å². The Labute approximate surface area is 152 Å². The number of H-pyrrole nitrogens is 1. The fourth-order valence-corrected chi connectivity index (χ4v) is 2.85. The number of rotatable bonds is 7. The predicted molar refractivity (Wildman–Crippen MR) is 95.7 cm³/mol. The normalized spacial score (nSPS) is 11.8. The number of halogens is 2. The molecular formula is C14H15Cl2N5O2S. The third kappa shape index (κ3) is 5.12. The van der Waals surface area contributed by atoms with E-state index in [0.717, 1.165) is 0 Å². The Balaban J connectivity index is 2.09. The van der Waals surface area contributed by atoms with Gasteiger partial charge in [-0.3, -0.25) is 14.9 Å². The fourth-order valence-electron chi connectivity index (χ4n) is 1.88. The zero-order valence-electron chi connectivity index (χ0n) is 12.7. The van der Waals surface area contributed by atoms with E-state index in [0.29, 0.717) is 17.2 Å². The molecule has 1 atom stereocenters. The molecule has 0 radical (unpaired) electrons. The molecular weight excluding hydrogens is 373 g/mol. The van der Waals surface area contributed by atoms with Gasteiger partial charge in [0, 0.05) is 5.02 Å². The highest BCUT2D eigenvalue weighted by molar-refractivity contribution is 7.98. The summed E-state index contributed by atoms with van der Waals surface area (Å²) in [6.45, 7) is 0. The first-order valence-electron chi connectivity index (χ1n) is 6.92. The van der Waals surface area contributed by atoms with Gasteiger partial charge in [0.05, 0.1) is 10.6 Å². The Morgan fingerprint density at radius 1 is 1.38 bits per heavy atom. The molecule has 2 rings (SSSR count). The molecule has 2 amide bonds. The lowest BCUT2D eigenvalue weighted by atomic mass is 10.1. The van der Waals surface area contributed by atoms with Gasteiger partial charge in [0.25, 0.3) is 5.91 Å². The molecule has 0 bridgehead atoms. The van der Waals surface area contributed by atoms with Crippen molar-refractivity contribution >= 4 is 52.7 Å². The number of nitrogens with zero attached hydrogens (tertiary/aromatic N) is 2. The monoisotopic (exact) mass is 387 g/mol. The maximum Gasteiger partial charge on any atom is 0.253 e. The van der Waals surface area contributed by atoms with Crippen LogP contribution in [0.1, 0.15) is 16.8 Å². The number of hydrogen-bond acceptors (Lipinski definition) is 5. The maximum atomic E-state index is 12.4. The van der Waals surface area contributed by atoms with Crippen molar-refractivity contribution in [3.8, 4) is 0 Å². The number of hydrogen-bond donors (Lipinski definition) is 3. The highest BCUT2D eigenvalue weighted by Gasteiger charge is 2.23. The summed E-state index contributed by atoms with van der Waals surface area (Å²) in [5.41, 5.74) is 0.252. The standard InChI is InChI=1S/C14H15Cl2N5O2S/c1-24-5-4-11(13(23)20-14-17-7-18-21-14)19-12(22)9-3-2-8(15)6-10(9)16/h2-3,6-7,11H,4-5H2,1H3,(H,19,22)(H2,17,18,20,21,23). The quantitative estimate of drug-likeness (QED) is 0.677. The van der Waals surface area contributed by atoms with Gasteiger partial charge < -0.3 is 5.32 Å². The van der Waals surface area contributed by atoms with Gasteiger partial charge in [0.1, 0.15) is 12.4 Å². The first-order chi connectivity index (χ1) is 11.5. The number of benzene rings is 1. The van der Waals surface area contributed by atoms with E-state index in [1.54, 1.807) is 17.8 Å². The van der Waals surface area contributed by atoms with Crippen LogP contribution in [-0.2, 0) is 4.79 Å². The summed E-state index contributed by atoms with van der Waals surface area (Å²) in [6, 6.07) is 3.82. The summed E-state index contributed by atoms with van der Waals surface area (Å²) >= 11 is 13.4. The SMILES string of the molecule is CSCCC(NC(=O)c1ccc(Cl)cc1Cl)C(=O)Nc1ncn[nH]1. The first-order valence-corrected chi connectivity index (χ1v) is 9.07. The number of aromatic amines is 1. The van der Waals surface area contributed by atoms with Gasteiger partial charge in [-0.2, -0.15) is 21.8 Å². The lowest BCUT2D eigenvalue weighted by Crippen LogP contribution is -2.44. The van der Waals surface area contributed by atoms with E-state index in [4.69, 9.17) is 23.2 Å². The summed E-state index contributed by atoms with van der Waals surface area (Å²) in [4.78, 5) is 28.6. The van der Waals surface area contributed by atoms with E-state index >= 15 is 0 Å². The molecule has 24 heavy (non-hydrogen) atoms. The lowest BCUT2D eigenvalue weighted by Gasteiger charge is -2.17. The molecule has 0 saturated heterocycles. The van der Waals surface area contributed by atoms with E-state index in [9.17, 15) is 9.59 Å². The molecule has 0 aliphatic carbocycles. The molecule has 1 aromatic heterocycles. The van der Waals surface area contributed by atoms with Crippen molar-refractivity contribution in [3.05, 3.63) is 40.1 Å². The van der Waals surface area contributed by atoms with Crippen molar-refractivity contribution in [1.29, 1.82) is 0 Å². The Morgan fingerprint density at radius 3 is 2.79 bits per heavy atom. The Bertz CT molecular complexity index is 711. The van der Waals surface area contributed by atoms with Gasteiger partial charge in [-0.1, -0.05) is 23.2 Å². The molecule has 10 heteroatoms. The van der Waals surface area contributed by atoms with E-state index < -0.39 is 11.9 Å². The van der Waals surface area contributed by atoms with Crippen molar-refractivity contribution in [2.24, 2.45) is 0 Å². The van der Waals surface area contributed by atoms with Gasteiger partial charge in [-0.05, 0) is 36.6 Å². The molecule has 7 nitrogen and oxygen atoms in total. The Morgan fingerprint density at radius 2 is 2.17 bits per heavy atom. The van der Waals surface area contributed by atoms with Crippen molar-refractivity contribution in [3.63, 3.8) is 0 Å². The number of amides is 2. The fraction of sp³-hybridized carbons (Fsp3) is 0.286. The number of nitrogens with one attached hydrogen (secondary N) is 3. The minimum atomic E-state index is -0.734. The van der Waals surface area contributed by atoms with Crippen LogP contribution in [0, 0.1) is 0 Å². The summed E-state index contributed by atoms with van der Waals surface area (Å²) in [5, 5.41) is 12.1. The van der Waals surface area contributed by atoms with Crippen molar-refractivity contribution in [1.82, 2.24) is 20.5 Å². The van der Waals surface area contributed by atoms with E-state index in [2.05, 4.69) is 25.8 Å². The average Bonchev–Trinajstić information content (AvgIpc) is 3.03. The van der Waals surface area contributed by atoms with Crippen LogP contribution in [0.15, 0.2) is 24.5 Å². The molecule has 1 heterocycles. The molecule has 128 valence electrons. The summed E-state index contributed by atoms with van der Waals surface area (Å²) in [7, 11) is 0. The predicted octanol–water partition coefficient (Wildman–Crippen LogP) is 2.60. The van der Waals surface area contributed by atoms with Crippen LogP contribution in [0.25, 0.3) is 0 Å². The van der Waals surface area contributed by atoms with Crippen LogP contribution in [0.4, 0.5) is 5.95 Å². The summed E-state index contributed by atoms with van der Waals surface area (Å²) in [5.74, 6) is 0.0750. The molecule has 0 saturated carbocycles. The molecule has 0 fully saturated rings. The third-order valence-electron chi connectivity index (χ3n) is 3.06. The van der Waals surface area contributed by atoms with Crippen LogP contribution in [0.5, 0.6) is 0 Å². The number of carbonyl (C=O) groups is 2. The molecule has 1 aromatic carbocycles. The van der Waals surface area contributed by atoms with E-state index in [1.807, 2.05) is 6.26 Å². The minimum absolute atomic E-state index is 0.216. The Hall–Kier alpha value is -1.77. The van der Waals surface area contributed by atoms with Gasteiger partial charge >= 0.3 is 0 Å². The van der Waals surface area contributed by atoms with Gasteiger partial charge in [-0.15, -0.1) is 0 Å². The minimum Gasteiger partial charge on any atom is -0.340 e. The second kappa shape index (κ2) is 8.91. The van der Waals surface area contributed by atoms with E-state index in [1.165, 1.54) is 18.5 Å². The molecule has 0 spiro atoms. The average molecular weight is 388 g/mol.